The topological polar surface area (TPSA) is 88.4 Å². The monoisotopic (exact) mass is 666 g/mol. The predicted octanol–water partition coefficient (Wildman–Crippen LogP) is 6.19. The molecule has 0 spiro atoms. The zero-order chi connectivity index (χ0) is 32.9. The summed E-state index contributed by atoms with van der Waals surface area (Å²) in [5.41, 5.74) is 3.57. The van der Waals surface area contributed by atoms with Crippen LogP contribution < -0.4 is 29.1 Å². The molecule has 8 nitrogen and oxygen atoms in total. The Morgan fingerprint density at radius 2 is 1.72 bits per heavy atom. The molecule has 0 unspecified atom stereocenters. The molecule has 0 saturated carbocycles. The van der Waals surface area contributed by atoms with Gasteiger partial charge in [0.2, 0.25) is 0 Å². The van der Waals surface area contributed by atoms with Gasteiger partial charge >= 0.3 is 5.97 Å². The lowest BCUT2D eigenvalue weighted by Crippen LogP contribution is -2.40. The van der Waals surface area contributed by atoms with Gasteiger partial charge in [0.1, 0.15) is 12.4 Å². The van der Waals surface area contributed by atoms with E-state index in [0.29, 0.717) is 49.5 Å². The third-order valence-corrected chi connectivity index (χ3v) is 8.79. The average Bonchev–Trinajstić information content (AvgIpc) is 3.41. The molecule has 2 heterocycles. The molecule has 0 N–H and O–H groups in total. The number of fused-ring (bicyclic) bond motifs is 1. The fraction of sp³-hybridized carbons (Fsp3) is 0.162. The van der Waals surface area contributed by atoms with Crippen LogP contribution in [0.5, 0.6) is 17.2 Å². The molecule has 6 rings (SSSR count). The molecule has 1 aliphatic heterocycles. The first kappa shape index (κ1) is 31.8. The number of esters is 1. The molecule has 0 saturated heterocycles. The first-order valence-corrected chi connectivity index (χ1v) is 16.1. The lowest BCUT2D eigenvalue weighted by Gasteiger charge is -2.26. The van der Waals surface area contributed by atoms with Gasteiger partial charge in [0.15, 0.2) is 16.3 Å². The van der Waals surface area contributed by atoms with Crippen LogP contribution in [0.4, 0.5) is 0 Å². The van der Waals surface area contributed by atoms with E-state index in [1.807, 2.05) is 78.9 Å². The smallest absolute Gasteiger partial charge is 0.338 e. The summed E-state index contributed by atoms with van der Waals surface area (Å²) in [6.45, 7) is 2.23. The van der Waals surface area contributed by atoms with Gasteiger partial charge in [0.25, 0.3) is 5.56 Å². The molecule has 0 aliphatic carbocycles. The number of hydrogen-bond donors (Lipinski definition) is 0. The highest BCUT2D eigenvalue weighted by Gasteiger charge is 2.35. The van der Waals surface area contributed by atoms with Gasteiger partial charge in [-0.2, -0.15) is 0 Å². The first-order chi connectivity index (χ1) is 22.9. The molecule has 1 aromatic heterocycles. The Kier molecular flexibility index (Phi) is 9.56. The summed E-state index contributed by atoms with van der Waals surface area (Å²) in [6, 6.07) is 28.9. The lowest BCUT2D eigenvalue weighted by atomic mass is 9.93. The minimum atomic E-state index is -0.787. The van der Waals surface area contributed by atoms with Gasteiger partial charge in [-0.05, 0) is 66.1 Å². The Balaban J connectivity index is 1.47. The fourth-order valence-electron chi connectivity index (χ4n) is 5.37. The van der Waals surface area contributed by atoms with Crippen LogP contribution in [0.15, 0.2) is 112 Å². The minimum absolute atomic E-state index is 0.171. The largest absolute Gasteiger partial charge is 0.497 e. The van der Waals surface area contributed by atoms with Crippen molar-refractivity contribution in [1.29, 1.82) is 0 Å². The average molecular weight is 667 g/mol. The number of carbonyl (C=O) groups is 1. The van der Waals surface area contributed by atoms with E-state index in [9.17, 15) is 9.59 Å². The van der Waals surface area contributed by atoms with E-state index in [1.54, 1.807) is 50.0 Å². The van der Waals surface area contributed by atoms with E-state index >= 15 is 0 Å². The van der Waals surface area contributed by atoms with E-state index in [2.05, 4.69) is 0 Å². The number of benzene rings is 4. The fourth-order valence-corrected chi connectivity index (χ4v) is 6.59. The number of aromatic nitrogens is 1. The van der Waals surface area contributed by atoms with Crippen molar-refractivity contribution in [2.24, 2.45) is 4.99 Å². The minimum Gasteiger partial charge on any atom is -0.497 e. The number of ether oxygens (including phenoxy) is 4. The summed E-state index contributed by atoms with van der Waals surface area (Å²) in [5.74, 6) is 1.18. The lowest BCUT2D eigenvalue weighted by molar-refractivity contribution is -0.138. The van der Waals surface area contributed by atoms with Crippen molar-refractivity contribution in [3.8, 4) is 17.2 Å². The summed E-state index contributed by atoms with van der Waals surface area (Å²) in [7, 11) is 3.15. The summed E-state index contributed by atoms with van der Waals surface area (Å²) in [6.07, 6.45) is 1.79. The zero-order valence-electron chi connectivity index (χ0n) is 25.9. The molecule has 0 fully saturated rings. The van der Waals surface area contributed by atoms with Gasteiger partial charge in [0.05, 0.1) is 42.7 Å². The highest BCUT2D eigenvalue weighted by Crippen LogP contribution is 2.36. The van der Waals surface area contributed by atoms with Gasteiger partial charge in [-0.1, -0.05) is 83.6 Å². The van der Waals surface area contributed by atoms with E-state index in [0.717, 1.165) is 16.7 Å². The molecule has 1 aliphatic rings. The quantitative estimate of drug-likeness (QED) is 0.165. The normalized spacial score (nSPS) is 14.3. The molecule has 0 radical (unpaired) electrons. The van der Waals surface area contributed by atoms with Crippen molar-refractivity contribution in [2.45, 2.75) is 19.6 Å². The van der Waals surface area contributed by atoms with Crippen molar-refractivity contribution < 1.29 is 23.7 Å². The summed E-state index contributed by atoms with van der Waals surface area (Å²) in [5, 5.41) is 0.634. The van der Waals surface area contributed by atoms with Crippen LogP contribution in [-0.4, -0.2) is 31.4 Å². The second-order valence-corrected chi connectivity index (χ2v) is 12.0. The van der Waals surface area contributed by atoms with E-state index in [4.69, 9.17) is 35.5 Å². The molecule has 0 bridgehead atoms. The van der Waals surface area contributed by atoms with Crippen molar-refractivity contribution in [3.63, 3.8) is 0 Å². The van der Waals surface area contributed by atoms with Crippen LogP contribution in [0.2, 0.25) is 5.02 Å². The number of halogens is 1. The van der Waals surface area contributed by atoms with Crippen LogP contribution in [0.1, 0.15) is 35.2 Å². The zero-order valence-corrected chi connectivity index (χ0v) is 27.5. The summed E-state index contributed by atoms with van der Waals surface area (Å²) < 4.78 is 24.6. The standard InChI is InChI=1S/C37H31ClN2O6S/c1-4-45-36(42)32-33(25-10-6-5-7-11-25)39-37-40(34(32)26-14-16-28(43-2)17-15-26)35(41)31(47-37)21-23-13-18-29(30(20-23)44-3)46-22-24-9-8-12-27(38)19-24/h5-21,34H,4,22H2,1-3H3/b31-21-/t34-/m0/s1. The maximum Gasteiger partial charge on any atom is 0.338 e. The Hall–Kier alpha value is -5.12. The molecule has 4 aromatic carbocycles. The number of rotatable bonds is 10. The SMILES string of the molecule is CCOC(=O)C1=C(c2ccccc2)N=c2s/c(=C\c3ccc(OCc4cccc(Cl)c4)c(OC)c3)c(=O)n2[C@H]1c1ccc(OC)cc1. The van der Waals surface area contributed by atoms with Crippen LogP contribution in [0, 0.1) is 0 Å². The van der Waals surface area contributed by atoms with Crippen molar-refractivity contribution in [1.82, 2.24) is 4.57 Å². The molecule has 0 amide bonds. The van der Waals surface area contributed by atoms with E-state index in [1.165, 1.54) is 11.3 Å². The number of thiazole rings is 1. The molecular formula is C37H31ClN2O6S. The number of carbonyl (C=O) groups excluding carboxylic acids is 1. The van der Waals surface area contributed by atoms with Crippen molar-refractivity contribution >= 4 is 40.7 Å². The van der Waals surface area contributed by atoms with E-state index < -0.39 is 12.0 Å². The van der Waals surface area contributed by atoms with E-state index in [-0.39, 0.29) is 17.7 Å². The molecule has 1 atom stereocenters. The Morgan fingerprint density at radius 1 is 0.936 bits per heavy atom. The van der Waals surface area contributed by atoms with Crippen LogP contribution >= 0.6 is 22.9 Å². The molecule has 5 aromatic rings. The first-order valence-electron chi connectivity index (χ1n) is 14.9. The Bertz CT molecular complexity index is 2140. The summed E-state index contributed by atoms with van der Waals surface area (Å²) >= 11 is 7.37. The van der Waals surface area contributed by atoms with Crippen LogP contribution in [-0.2, 0) is 16.1 Å². The van der Waals surface area contributed by atoms with Gasteiger partial charge in [-0.15, -0.1) is 0 Å². The highest BCUT2D eigenvalue weighted by atomic mass is 35.5. The second kappa shape index (κ2) is 14.1. The Labute approximate surface area is 280 Å². The highest BCUT2D eigenvalue weighted by molar-refractivity contribution is 7.07. The second-order valence-electron chi connectivity index (χ2n) is 10.5. The van der Waals surface area contributed by atoms with Crippen LogP contribution in [0.3, 0.4) is 0 Å². The Morgan fingerprint density at radius 3 is 2.43 bits per heavy atom. The van der Waals surface area contributed by atoms with Gasteiger partial charge in [0, 0.05) is 10.6 Å². The van der Waals surface area contributed by atoms with Gasteiger partial charge in [-0.3, -0.25) is 9.36 Å². The molecule has 10 heteroatoms. The maximum absolute atomic E-state index is 14.2. The van der Waals surface area contributed by atoms with Gasteiger partial charge < -0.3 is 18.9 Å². The third-order valence-electron chi connectivity index (χ3n) is 7.57. The predicted molar refractivity (Wildman–Crippen MR) is 183 cm³/mol. The van der Waals surface area contributed by atoms with Gasteiger partial charge in [-0.25, -0.2) is 9.79 Å². The third kappa shape index (κ3) is 6.72. The maximum atomic E-state index is 14.2. The van der Waals surface area contributed by atoms with Crippen LogP contribution in [0.25, 0.3) is 11.8 Å². The number of hydrogen-bond acceptors (Lipinski definition) is 8. The van der Waals surface area contributed by atoms with Crippen molar-refractivity contribution in [3.05, 3.63) is 150 Å². The summed E-state index contributed by atoms with van der Waals surface area (Å²) in [4.78, 5) is 33.2. The molecule has 238 valence electrons. The number of nitrogens with zero attached hydrogens (tertiary/aromatic N) is 2. The van der Waals surface area contributed by atoms with Crippen molar-refractivity contribution in [2.75, 3.05) is 20.8 Å². The number of methoxy groups -OCH3 is 2. The molecule has 47 heavy (non-hydrogen) atoms. The molecular weight excluding hydrogens is 636 g/mol.